The summed E-state index contributed by atoms with van der Waals surface area (Å²) in [6, 6.07) is 7.05. The maximum Gasteiger partial charge on any atom is 0.273 e. The van der Waals surface area contributed by atoms with Crippen molar-refractivity contribution in [3.63, 3.8) is 0 Å². The molecule has 3 aromatic rings. The van der Waals surface area contributed by atoms with Crippen molar-refractivity contribution in [2.75, 3.05) is 26.2 Å². The summed E-state index contributed by atoms with van der Waals surface area (Å²) >= 11 is 12.0. The van der Waals surface area contributed by atoms with Crippen LogP contribution in [0.5, 0.6) is 5.75 Å². The second kappa shape index (κ2) is 10.2. The Morgan fingerprint density at radius 2 is 1.97 bits per heavy atom. The Kier molecular flexibility index (Phi) is 7.33. The number of carbonyl (C=O) groups is 1. The number of aliphatic hydroxyl groups excluding tert-OH is 1. The number of nitrogens with one attached hydrogen (secondary N) is 1. The zero-order valence-electron chi connectivity index (χ0n) is 18.5. The van der Waals surface area contributed by atoms with Crippen LogP contribution in [-0.4, -0.2) is 74.1 Å². The molecular formula is C22H26Cl2N6O3. The number of ether oxygens (including phenoxy) is 1. The molecule has 1 atom stereocenters. The number of aliphatic hydroxyl groups is 1. The lowest BCUT2D eigenvalue weighted by atomic mass is 10.1. The predicted octanol–water partition coefficient (Wildman–Crippen LogP) is 2.68. The number of carbonyl (C=O) groups excluding carboxylic acids is 1. The molecule has 1 amide bonds. The van der Waals surface area contributed by atoms with Gasteiger partial charge in [-0.1, -0.05) is 23.2 Å². The minimum absolute atomic E-state index is 0.0812. The van der Waals surface area contributed by atoms with Crippen LogP contribution >= 0.6 is 23.2 Å². The monoisotopic (exact) mass is 492 g/mol. The molecule has 0 aliphatic carbocycles. The largest absolute Gasteiger partial charge is 0.490 e. The molecule has 1 fully saturated rings. The highest BCUT2D eigenvalue weighted by Crippen LogP contribution is 2.28. The van der Waals surface area contributed by atoms with Gasteiger partial charge in [-0.3, -0.25) is 4.79 Å². The number of halogens is 2. The van der Waals surface area contributed by atoms with Gasteiger partial charge in [0.05, 0.1) is 27.5 Å². The van der Waals surface area contributed by atoms with Crippen LogP contribution in [0.3, 0.4) is 0 Å². The molecule has 1 aliphatic heterocycles. The highest BCUT2D eigenvalue weighted by molar-refractivity contribution is 6.42. The normalized spacial score (nSPS) is 16.2. The van der Waals surface area contributed by atoms with E-state index in [0.717, 1.165) is 31.6 Å². The van der Waals surface area contributed by atoms with Crippen LogP contribution in [0.25, 0.3) is 5.65 Å². The minimum Gasteiger partial charge on any atom is -0.490 e. The van der Waals surface area contributed by atoms with Gasteiger partial charge in [-0.05, 0) is 38.8 Å². The Bertz CT molecular complexity index is 1150. The Balaban J connectivity index is 1.23. The molecule has 0 bridgehead atoms. The number of amides is 1. The fourth-order valence-corrected chi connectivity index (χ4v) is 4.18. The summed E-state index contributed by atoms with van der Waals surface area (Å²) in [6.07, 6.45) is 1.04. The summed E-state index contributed by atoms with van der Waals surface area (Å²) < 4.78 is 7.60. The lowest BCUT2D eigenvalue weighted by Crippen LogP contribution is -2.45. The molecule has 11 heteroatoms. The number of piperidine rings is 1. The van der Waals surface area contributed by atoms with Crippen molar-refractivity contribution in [3.8, 4) is 5.75 Å². The number of rotatable bonds is 7. The number of aromatic nitrogens is 4. The van der Waals surface area contributed by atoms with E-state index in [4.69, 9.17) is 27.9 Å². The zero-order valence-corrected chi connectivity index (χ0v) is 20.0. The molecule has 176 valence electrons. The minimum atomic E-state index is -0.703. The molecule has 1 aliphatic rings. The standard InChI is InChI=1S/C22H26Cl2N6O3/c1-13-9-20-26-27-21(14(2)30(20)28-13)22(32)25-11-15(31)12-29-7-5-16(6-8-29)33-17-3-4-18(23)19(24)10-17/h3-4,9-10,15-16,31H,5-8,11-12H2,1-2H3,(H,25,32)/t15-/m1/s1. The molecule has 1 aromatic carbocycles. The number of fused-ring (bicyclic) bond motifs is 1. The lowest BCUT2D eigenvalue weighted by molar-refractivity contribution is 0.0593. The van der Waals surface area contributed by atoms with Gasteiger partial charge >= 0.3 is 0 Å². The molecule has 0 radical (unpaired) electrons. The number of likely N-dealkylation sites (tertiary alicyclic amines) is 1. The van der Waals surface area contributed by atoms with Crippen molar-refractivity contribution in [2.24, 2.45) is 0 Å². The van der Waals surface area contributed by atoms with Crippen LogP contribution in [-0.2, 0) is 0 Å². The van der Waals surface area contributed by atoms with E-state index >= 15 is 0 Å². The highest BCUT2D eigenvalue weighted by Gasteiger charge is 2.23. The van der Waals surface area contributed by atoms with Crippen LogP contribution in [0.4, 0.5) is 0 Å². The van der Waals surface area contributed by atoms with Gasteiger partial charge in [0.25, 0.3) is 5.91 Å². The van der Waals surface area contributed by atoms with Crippen molar-refractivity contribution in [2.45, 2.75) is 38.9 Å². The van der Waals surface area contributed by atoms with Crippen molar-refractivity contribution in [3.05, 3.63) is 51.4 Å². The maximum atomic E-state index is 12.6. The van der Waals surface area contributed by atoms with Gasteiger partial charge in [-0.2, -0.15) is 5.10 Å². The van der Waals surface area contributed by atoms with Gasteiger partial charge in [0.1, 0.15) is 11.9 Å². The molecule has 33 heavy (non-hydrogen) atoms. The number of nitrogens with zero attached hydrogens (tertiary/aromatic N) is 5. The Hall–Kier alpha value is -2.46. The maximum absolute atomic E-state index is 12.6. The van der Waals surface area contributed by atoms with E-state index in [9.17, 15) is 9.90 Å². The lowest BCUT2D eigenvalue weighted by Gasteiger charge is -2.33. The van der Waals surface area contributed by atoms with Crippen LogP contribution in [0.2, 0.25) is 10.0 Å². The van der Waals surface area contributed by atoms with Gasteiger partial charge in [0, 0.05) is 38.3 Å². The topological polar surface area (TPSA) is 105 Å². The van der Waals surface area contributed by atoms with E-state index in [-0.39, 0.29) is 24.2 Å². The molecule has 4 rings (SSSR count). The summed E-state index contributed by atoms with van der Waals surface area (Å²) in [6.45, 7) is 5.78. The second-order valence-corrected chi connectivity index (χ2v) is 9.06. The fourth-order valence-electron chi connectivity index (χ4n) is 3.90. The first kappa shape index (κ1) is 23.7. The molecule has 2 N–H and O–H groups in total. The van der Waals surface area contributed by atoms with Gasteiger partial charge < -0.3 is 20.1 Å². The number of hydrogen-bond donors (Lipinski definition) is 2. The number of hydrogen-bond acceptors (Lipinski definition) is 7. The molecule has 0 spiro atoms. The molecule has 0 saturated carbocycles. The van der Waals surface area contributed by atoms with E-state index in [1.165, 1.54) is 0 Å². The number of β-amino-alcohol motifs (C(OH)–C–C–N with tert-alkyl or cyclic N) is 1. The Morgan fingerprint density at radius 3 is 2.70 bits per heavy atom. The number of benzene rings is 1. The van der Waals surface area contributed by atoms with Gasteiger partial charge in [0.15, 0.2) is 11.3 Å². The number of aryl methyl sites for hydroxylation is 2. The molecule has 9 nitrogen and oxygen atoms in total. The third kappa shape index (κ3) is 5.73. The summed E-state index contributed by atoms with van der Waals surface area (Å²) in [7, 11) is 0. The Morgan fingerprint density at radius 1 is 1.21 bits per heavy atom. The molecule has 1 saturated heterocycles. The van der Waals surface area contributed by atoms with Crippen LogP contribution < -0.4 is 10.1 Å². The predicted molar refractivity (Wildman–Crippen MR) is 125 cm³/mol. The van der Waals surface area contributed by atoms with Crippen molar-refractivity contribution < 1.29 is 14.6 Å². The SMILES string of the molecule is Cc1cc2nnc(C(=O)NC[C@@H](O)CN3CCC(Oc4ccc(Cl)c(Cl)c4)CC3)c(C)n2n1. The zero-order chi connectivity index (χ0) is 23.5. The highest BCUT2D eigenvalue weighted by atomic mass is 35.5. The summed E-state index contributed by atoms with van der Waals surface area (Å²) in [5.41, 5.74) is 2.18. The second-order valence-electron chi connectivity index (χ2n) is 8.25. The Labute approximate surface area is 201 Å². The van der Waals surface area contributed by atoms with E-state index < -0.39 is 6.10 Å². The van der Waals surface area contributed by atoms with Gasteiger partial charge in [-0.15, -0.1) is 10.2 Å². The van der Waals surface area contributed by atoms with E-state index in [0.29, 0.717) is 33.7 Å². The van der Waals surface area contributed by atoms with Crippen LogP contribution in [0.1, 0.15) is 34.7 Å². The van der Waals surface area contributed by atoms with E-state index in [1.807, 2.05) is 13.0 Å². The van der Waals surface area contributed by atoms with Crippen molar-refractivity contribution in [1.82, 2.24) is 30.0 Å². The molecule has 2 aromatic heterocycles. The third-order valence-corrected chi connectivity index (χ3v) is 6.38. The first-order valence-electron chi connectivity index (χ1n) is 10.8. The van der Waals surface area contributed by atoms with Gasteiger partial charge in [-0.25, -0.2) is 4.52 Å². The van der Waals surface area contributed by atoms with Crippen molar-refractivity contribution in [1.29, 1.82) is 0 Å². The van der Waals surface area contributed by atoms with Crippen LogP contribution in [0, 0.1) is 13.8 Å². The summed E-state index contributed by atoms with van der Waals surface area (Å²) in [4.78, 5) is 14.7. The van der Waals surface area contributed by atoms with E-state index in [1.54, 1.807) is 29.6 Å². The van der Waals surface area contributed by atoms with Gasteiger partial charge in [0.2, 0.25) is 0 Å². The molecule has 3 heterocycles. The average molecular weight is 493 g/mol. The summed E-state index contributed by atoms with van der Waals surface area (Å²) in [5.74, 6) is 0.315. The van der Waals surface area contributed by atoms with Crippen molar-refractivity contribution >= 4 is 34.8 Å². The smallest absolute Gasteiger partial charge is 0.273 e. The van der Waals surface area contributed by atoms with E-state index in [2.05, 4.69) is 25.5 Å². The average Bonchev–Trinajstić information content (AvgIpc) is 3.17. The molecular weight excluding hydrogens is 467 g/mol. The summed E-state index contributed by atoms with van der Waals surface area (Å²) in [5, 5.41) is 26.5. The van der Waals surface area contributed by atoms with Crippen LogP contribution in [0.15, 0.2) is 24.3 Å². The fraction of sp³-hybridized carbons (Fsp3) is 0.455. The third-order valence-electron chi connectivity index (χ3n) is 5.64. The first-order chi connectivity index (χ1) is 15.8. The first-order valence-corrected chi connectivity index (χ1v) is 11.6. The quantitative estimate of drug-likeness (QED) is 0.522. The molecule has 0 unspecified atom stereocenters.